The molecule has 1 aromatic heterocycles. The van der Waals surface area contributed by atoms with Crippen LogP contribution in [0.25, 0.3) is 0 Å². The Bertz CT molecular complexity index is 499. The average molecular weight is 283 g/mol. The fourth-order valence-electron chi connectivity index (χ4n) is 1.48. The molecule has 1 heterocycles. The topological polar surface area (TPSA) is 150 Å². The van der Waals surface area contributed by atoms with E-state index in [1.54, 1.807) is 13.1 Å². The van der Waals surface area contributed by atoms with Gasteiger partial charge in [0, 0.05) is 24.2 Å². The van der Waals surface area contributed by atoms with Crippen LogP contribution in [0.2, 0.25) is 0 Å². The van der Waals surface area contributed by atoms with E-state index in [4.69, 9.17) is 10.8 Å². The third-order valence-corrected chi connectivity index (χ3v) is 2.66. The van der Waals surface area contributed by atoms with E-state index in [0.29, 0.717) is 0 Å². The van der Waals surface area contributed by atoms with E-state index in [9.17, 15) is 14.4 Å². The summed E-state index contributed by atoms with van der Waals surface area (Å²) in [6.07, 6.45) is 1.40. The van der Waals surface area contributed by atoms with Crippen LogP contribution in [0.15, 0.2) is 6.20 Å². The van der Waals surface area contributed by atoms with Crippen molar-refractivity contribution in [2.24, 2.45) is 5.73 Å². The highest BCUT2D eigenvalue weighted by atomic mass is 16.4. The molecule has 0 saturated heterocycles. The lowest BCUT2D eigenvalue weighted by Gasteiger charge is -2.14. The molecule has 0 aliphatic rings. The molecule has 1 rings (SSSR count). The number of carbonyl (C=O) groups is 3. The zero-order valence-electron chi connectivity index (χ0n) is 11.0. The van der Waals surface area contributed by atoms with E-state index in [-0.39, 0.29) is 19.4 Å². The zero-order chi connectivity index (χ0) is 15.1. The van der Waals surface area contributed by atoms with Crippen molar-refractivity contribution < 1.29 is 19.5 Å². The van der Waals surface area contributed by atoms with Gasteiger partial charge in [0.25, 0.3) is 0 Å². The number of primary amides is 1. The van der Waals surface area contributed by atoms with Crippen molar-refractivity contribution in [3.63, 3.8) is 0 Å². The summed E-state index contributed by atoms with van der Waals surface area (Å²) in [6.45, 7) is 2.02. The molecular formula is C11H17N5O4. The summed E-state index contributed by atoms with van der Waals surface area (Å²) >= 11 is 0. The predicted molar refractivity (Wildman–Crippen MR) is 68.5 cm³/mol. The maximum absolute atomic E-state index is 11.6. The van der Waals surface area contributed by atoms with Gasteiger partial charge in [-0.2, -0.15) is 5.10 Å². The lowest BCUT2D eigenvalue weighted by atomic mass is 10.1. The molecule has 0 aromatic carbocycles. The van der Waals surface area contributed by atoms with Gasteiger partial charge >= 0.3 is 12.0 Å². The van der Waals surface area contributed by atoms with E-state index >= 15 is 0 Å². The van der Waals surface area contributed by atoms with Gasteiger partial charge < -0.3 is 21.5 Å². The Hall–Kier alpha value is -2.58. The maximum Gasteiger partial charge on any atom is 0.326 e. The molecule has 1 aromatic rings. The Morgan fingerprint density at radius 2 is 2.20 bits per heavy atom. The minimum atomic E-state index is -1.22. The number of H-pyrrole nitrogens is 1. The summed E-state index contributed by atoms with van der Waals surface area (Å²) in [7, 11) is 0. The van der Waals surface area contributed by atoms with Crippen LogP contribution in [0, 0.1) is 6.92 Å². The van der Waals surface area contributed by atoms with Crippen LogP contribution in [0.4, 0.5) is 4.79 Å². The fraction of sp³-hybridized carbons (Fsp3) is 0.455. The van der Waals surface area contributed by atoms with Crippen molar-refractivity contribution in [3.8, 4) is 0 Å². The first kappa shape index (κ1) is 15.5. The molecule has 3 amide bonds. The number of rotatable bonds is 7. The number of urea groups is 1. The van der Waals surface area contributed by atoms with Crippen molar-refractivity contribution in [1.29, 1.82) is 0 Å². The van der Waals surface area contributed by atoms with Gasteiger partial charge in [0.15, 0.2) is 0 Å². The molecule has 0 unspecified atom stereocenters. The first-order valence-electron chi connectivity index (χ1n) is 5.94. The second kappa shape index (κ2) is 7.12. The number of nitrogens with one attached hydrogen (secondary N) is 3. The third-order valence-electron chi connectivity index (χ3n) is 2.66. The summed E-state index contributed by atoms with van der Waals surface area (Å²) < 4.78 is 0. The normalized spacial score (nSPS) is 11.7. The number of aromatic nitrogens is 2. The average Bonchev–Trinajstić information content (AvgIpc) is 2.77. The number of nitrogens with two attached hydrogens (primary N) is 1. The minimum Gasteiger partial charge on any atom is -0.480 e. The number of amides is 3. The van der Waals surface area contributed by atoms with Crippen LogP contribution in [-0.4, -0.2) is 39.3 Å². The summed E-state index contributed by atoms with van der Waals surface area (Å²) in [5, 5.41) is 20.2. The van der Waals surface area contributed by atoms with Gasteiger partial charge in [-0.1, -0.05) is 0 Å². The molecule has 0 aliphatic heterocycles. The van der Waals surface area contributed by atoms with Crippen molar-refractivity contribution >= 4 is 17.9 Å². The molecule has 0 saturated carbocycles. The minimum absolute atomic E-state index is 0.0528. The van der Waals surface area contributed by atoms with Crippen molar-refractivity contribution in [1.82, 2.24) is 20.8 Å². The van der Waals surface area contributed by atoms with Crippen LogP contribution in [0.5, 0.6) is 0 Å². The van der Waals surface area contributed by atoms with E-state index in [0.717, 1.165) is 11.3 Å². The fourth-order valence-corrected chi connectivity index (χ4v) is 1.48. The van der Waals surface area contributed by atoms with Crippen molar-refractivity contribution in [2.75, 3.05) is 0 Å². The second-order valence-corrected chi connectivity index (χ2v) is 4.24. The monoisotopic (exact) mass is 283 g/mol. The van der Waals surface area contributed by atoms with E-state index < -0.39 is 23.9 Å². The van der Waals surface area contributed by atoms with Crippen molar-refractivity contribution in [2.45, 2.75) is 32.4 Å². The molecule has 0 radical (unpaired) electrons. The van der Waals surface area contributed by atoms with Crippen LogP contribution in [0.1, 0.15) is 24.1 Å². The number of aromatic amines is 1. The maximum atomic E-state index is 11.6. The van der Waals surface area contributed by atoms with Gasteiger partial charge in [0.05, 0.1) is 6.20 Å². The van der Waals surface area contributed by atoms with Crippen LogP contribution >= 0.6 is 0 Å². The number of aliphatic carboxylic acids is 1. The van der Waals surface area contributed by atoms with E-state index in [1.807, 2.05) is 0 Å². The number of nitrogens with zero attached hydrogens (tertiary/aromatic N) is 1. The van der Waals surface area contributed by atoms with E-state index in [2.05, 4.69) is 20.8 Å². The molecule has 20 heavy (non-hydrogen) atoms. The highest BCUT2D eigenvalue weighted by Crippen LogP contribution is 2.01. The van der Waals surface area contributed by atoms with Crippen LogP contribution in [0.3, 0.4) is 0 Å². The Morgan fingerprint density at radius 3 is 2.70 bits per heavy atom. The quantitative estimate of drug-likeness (QED) is 0.445. The molecule has 0 bridgehead atoms. The Morgan fingerprint density at radius 1 is 1.50 bits per heavy atom. The zero-order valence-corrected chi connectivity index (χ0v) is 11.0. The largest absolute Gasteiger partial charge is 0.480 e. The lowest BCUT2D eigenvalue weighted by molar-refractivity contribution is -0.139. The van der Waals surface area contributed by atoms with Gasteiger partial charge in [-0.3, -0.25) is 9.89 Å². The summed E-state index contributed by atoms with van der Waals surface area (Å²) in [5.74, 6) is -1.84. The number of hydrogen-bond donors (Lipinski definition) is 5. The lowest BCUT2D eigenvalue weighted by Crippen LogP contribution is -2.46. The van der Waals surface area contributed by atoms with Crippen molar-refractivity contribution in [3.05, 3.63) is 17.5 Å². The van der Waals surface area contributed by atoms with E-state index in [1.165, 1.54) is 0 Å². The number of carboxylic acids is 1. The molecule has 0 fully saturated rings. The van der Waals surface area contributed by atoms with Gasteiger partial charge in [0.2, 0.25) is 5.91 Å². The highest BCUT2D eigenvalue weighted by Gasteiger charge is 2.20. The molecule has 0 aliphatic carbocycles. The SMILES string of the molecule is Cc1[nH]ncc1CNC(=O)N[C@@H](CCC(N)=O)C(=O)O. The predicted octanol–water partition coefficient (Wildman–Crippen LogP) is -0.764. The third kappa shape index (κ3) is 4.96. The second-order valence-electron chi connectivity index (χ2n) is 4.24. The number of carbonyl (C=O) groups excluding carboxylic acids is 2. The Kier molecular flexibility index (Phi) is 5.51. The standard InChI is InChI=1S/C11H17N5O4/c1-6-7(5-14-16-6)4-13-11(20)15-8(10(18)19)2-3-9(12)17/h5,8H,2-4H2,1H3,(H2,12,17)(H,14,16)(H,18,19)(H2,13,15,20)/t8-/m0/s1. The van der Waals surface area contributed by atoms with Crippen LogP contribution in [-0.2, 0) is 16.1 Å². The first-order chi connectivity index (χ1) is 9.40. The smallest absolute Gasteiger partial charge is 0.326 e. The highest BCUT2D eigenvalue weighted by molar-refractivity contribution is 5.83. The Balaban J connectivity index is 2.43. The van der Waals surface area contributed by atoms with Gasteiger partial charge in [-0.25, -0.2) is 9.59 Å². The summed E-state index contributed by atoms with van der Waals surface area (Å²) in [4.78, 5) is 33.1. The summed E-state index contributed by atoms with van der Waals surface area (Å²) in [6, 6.07) is -1.80. The van der Waals surface area contributed by atoms with Gasteiger partial charge in [0.1, 0.15) is 6.04 Å². The number of carboxylic acid groups (broad SMARTS) is 1. The molecule has 0 spiro atoms. The molecular weight excluding hydrogens is 266 g/mol. The first-order valence-corrected chi connectivity index (χ1v) is 5.94. The molecule has 9 nitrogen and oxygen atoms in total. The number of hydrogen-bond acceptors (Lipinski definition) is 4. The summed E-state index contributed by atoms with van der Waals surface area (Å²) in [5.41, 5.74) is 6.55. The number of aryl methyl sites for hydroxylation is 1. The van der Waals surface area contributed by atoms with Crippen LogP contribution < -0.4 is 16.4 Å². The molecule has 6 N–H and O–H groups in total. The molecule has 1 atom stereocenters. The molecule has 9 heteroatoms. The Labute approximate surface area is 114 Å². The van der Waals surface area contributed by atoms with Gasteiger partial charge in [-0.05, 0) is 13.3 Å². The van der Waals surface area contributed by atoms with Gasteiger partial charge in [-0.15, -0.1) is 0 Å². The molecule has 110 valence electrons.